The van der Waals surface area contributed by atoms with Crippen LogP contribution >= 0.6 is 0 Å². The van der Waals surface area contributed by atoms with Crippen LogP contribution in [0.3, 0.4) is 0 Å². The first-order valence-corrected chi connectivity index (χ1v) is 8.34. The van der Waals surface area contributed by atoms with Crippen LogP contribution in [0.15, 0.2) is 0 Å². The van der Waals surface area contributed by atoms with E-state index in [1.54, 1.807) is 0 Å². The third kappa shape index (κ3) is 13.2. The van der Waals surface area contributed by atoms with Crippen LogP contribution in [-0.2, 0) is 14.2 Å². The Morgan fingerprint density at radius 2 is 1.33 bits per heavy atom. The summed E-state index contributed by atoms with van der Waals surface area (Å²) in [5.74, 6) is 0. The molecule has 0 amide bonds. The summed E-state index contributed by atoms with van der Waals surface area (Å²) in [6.45, 7) is 11.5. The van der Waals surface area contributed by atoms with Crippen molar-refractivity contribution in [2.75, 3.05) is 52.7 Å². The minimum Gasteiger partial charge on any atom is -0.389 e. The van der Waals surface area contributed by atoms with E-state index in [4.69, 9.17) is 14.2 Å². The molecule has 0 spiro atoms. The van der Waals surface area contributed by atoms with Crippen molar-refractivity contribution in [2.45, 2.75) is 52.1 Å². The highest BCUT2D eigenvalue weighted by molar-refractivity contribution is 4.77. The van der Waals surface area contributed by atoms with Gasteiger partial charge < -0.3 is 24.6 Å². The topological polar surface area (TPSA) is 60.0 Å². The Labute approximate surface area is 130 Å². The molecule has 0 unspecified atom stereocenters. The second-order valence-electron chi connectivity index (χ2n) is 5.30. The Hall–Kier alpha value is -0.200. The van der Waals surface area contributed by atoms with Gasteiger partial charge in [-0.25, -0.2) is 0 Å². The zero-order valence-corrected chi connectivity index (χ0v) is 14.2. The molecule has 0 aromatic carbocycles. The van der Waals surface area contributed by atoms with Crippen molar-refractivity contribution in [3.8, 4) is 0 Å². The van der Waals surface area contributed by atoms with Crippen molar-refractivity contribution in [1.29, 1.82) is 0 Å². The van der Waals surface area contributed by atoms with Gasteiger partial charge in [0.2, 0.25) is 0 Å². The number of nitrogens with one attached hydrogen (secondary N) is 1. The van der Waals surface area contributed by atoms with Gasteiger partial charge in [0.15, 0.2) is 0 Å². The van der Waals surface area contributed by atoms with Crippen LogP contribution < -0.4 is 5.32 Å². The van der Waals surface area contributed by atoms with Gasteiger partial charge in [0, 0.05) is 19.7 Å². The average Bonchev–Trinajstić information content (AvgIpc) is 2.51. The molecule has 0 bridgehead atoms. The summed E-state index contributed by atoms with van der Waals surface area (Å²) in [4.78, 5) is 0. The van der Waals surface area contributed by atoms with Crippen molar-refractivity contribution in [3.05, 3.63) is 0 Å². The van der Waals surface area contributed by atoms with Crippen molar-refractivity contribution in [1.82, 2.24) is 5.32 Å². The van der Waals surface area contributed by atoms with E-state index < -0.39 is 5.60 Å². The summed E-state index contributed by atoms with van der Waals surface area (Å²) in [5, 5.41) is 13.3. The van der Waals surface area contributed by atoms with Gasteiger partial charge in [-0.2, -0.15) is 0 Å². The lowest BCUT2D eigenvalue weighted by molar-refractivity contribution is 0.0112. The monoisotopic (exact) mass is 305 g/mol. The summed E-state index contributed by atoms with van der Waals surface area (Å²) >= 11 is 0. The van der Waals surface area contributed by atoms with Gasteiger partial charge in [0.1, 0.15) is 0 Å². The number of ether oxygens (including phenoxy) is 3. The minimum atomic E-state index is -0.582. The zero-order valence-electron chi connectivity index (χ0n) is 14.2. The van der Waals surface area contributed by atoms with Crippen LogP contribution in [-0.4, -0.2) is 63.4 Å². The molecule has 0 aromatic heterocycles. The van der Waals surface area contributed by atoms with E-state index in [0.29, 0.717) is 39.6 Å². The maximum Gasteiger partial charge on any atom is 0.0766 e. The Bertz CT molecular complexity index is 210. The average molecular weight is 305 g/mol. The third-order valence-corrected chi connectivity index (χ3v) is 3.58. The third-order valence-electron chi connectivity index (χ3n) is 3.58. The molecule has 0 aliphatic carbocycles. The Balaban J connectivity index is 3.16. The molecule has 0 aliphatic rings. The lowest BCUT2D eigenvalue weighted by Gasteiger charge is -2.25. The summed E-state index contributed by atoms with van der Waals surface area (Å²) in [6, 6.07) is 0. The predicted octanol–water partition coefficient (Wildman–Crippen LogP) is 1.98. The van der Waals surface area contributed by atoms with Gasteiger partial charge in [0.25, 0.3) is 0 Å². The lowest BCUT2D eigenvalue weighted by Crippen LogP contribution is -2.40. The van der Waals surface area contributed by atoms with Crippen LogP contribution in [0.4, 0.5) is 0 Å². The number of aliphatic hydroxyl groups is 1. The van der Waals surface area contributed by atoms with E-state index in [1.165, 1.54) is 0 Å². The molecule has 128 valence electrons. The Morgan fingerprint density at radius 1 is 0.810 bits per heavy atom. The lowest BCUT2D eigenvalue weighted by atomic mass is 9.98. The predicted molar refractivity (Wildman–Crippen MR) is 85.8 cm³/mol. The molecule has 0 saturated carbocycles. The Morgan fingerprint density at radius 3 is 1.86 bits per heavy atom. The fraction of sp³-hybridized carbons (Fsp3) is 1.00. The first-order valence-electron chi connectivity index (χ1n) is 8.34. The summed E-state index contributed by atoms with van der Waals surface area (Å²) in [5.41, 5.74) is -0.582. The van der Waals surface area contributed by atoms with Crippen LogP contribution in [0.1, 0.15) is 46.5 Å². The molecule has 21 heavy (non-hydrogen) atoms. The molecule has 0 rings (SSSR count). The van der Waals surface area contributed by atoms with Gasteiger partial charge in [-0.15, -0.1) is 0 Å². The normalized spacial score (nSPS) is 12.0. The van der Waals surface area contributed by atoms with Gasteiger partial charge in [-0.1, -0.05) is 27.2 Å². The second kappa shape index (κ2) is 14.7. The quantitative estimate of drug-likeness (QED) is 0.427. The first-order chi connectivity index (χ1) is 10.2. The molecule has 0 fully saturated rings. The van der Waals surface area contributed by atoms with E-state index >= 15 is 0 Å². The van der Waals surface area contributed by atoms with Crippen molar-refractivity contribution in [3.63, 3.8) is 0 Å². The molecular formula is C16H35NO4. The number of rotatable bonds is 16. The molecule has 0 atom stereocenters. The van der Waals surface area contributed by atoms with Crippen LogP contribution in [0, 0.1) is 0 Å². The standard InChI is InChI=1S/C16H35NO4/c1-4-7-9-19-11-13-21-14-12-20-10-8-17-15-16(18,5-2)6-3/h17-18H,4-15H2,1-3H3. The molecule has 2 N–H and O–H groups in total. The van der Waals surface area contributed by atoms with Gasteiger partial charge >= 0.3 is 0 Å². The number of hydrogen-bond acceptors (Lipinski definition) is 5. The second-order valence-corrected chi connectivity index (χ2v) is 5.30. The van der Waals surface area contributed by atoms with E-state index in [0.717, 1.165) is 38.8 Å². The number of unbranched alkanes of at least 4 members (excludes halogenated alkanes) is 1. The molecule has 5 nitrogen and oxygen atoms in total. The van der Waals surface area contributed by atoms with Crippen LogP contribution in [0.5, 0.6) is 0 Å². The highest BCUT2D eigenvalue weighted by Crippen LogP contribution is 2.12. The maximum absolute atomic E-state index is 10.1. The van der Waals surface area contributed by atoms with Crippen molar-refractivity contribution in [2.24, 2.45) is 0 Å². The summed E-state index contributed by atoms with van der Waals surface area (Å²) in [7, 11) is 0. The summed E-state index contributed by atoms with van der Waals surface area (Å²) < 4.78 is 16.2. The first kappa shape index (κ1) is 20.8. The molecule has 0 heterocycles. The maximum atomic E-state index is 10.1. The minimum absolute atomic E-state index is 0.582. The highest BCUT2D eigenvalue weighted by Gasteiger charge is 2.20. The van der Waals surface area contributed by atoms with Crippen LogP contribution in [0.2, 0.25) is 0 Å². The van der Waals surface area contributed by atoms with Gasteiger partial charge in [-0.05, 0) is 19.3 Å². The van der Waals surface area contributed by atoms with Crippen molar-refractivity contribution < 1.29 is 19.3 Å². The van der Waals surface area contributed by atoms with Crippen molar-refractivity contribution >= 4 is 0 Å². The van der Waals surface area contributed by atoms with E-state index in [-0.39, 0.29) is 0 Å². The fourth-order valence-corrected chi connectivity index (χ4v) is 1.75. The van der Waals surface area contributed by atoms with Gasteiger partial charge in [0.05, 0.1) is 38.6 Å². The van der Waals surface area contributed by atoms with Gasteiger partial charge in [-0.3, -0.25) is 0 Å². The highest BCUT2D eigenvalue weighted by atomic mass is 16.5. The number of hydrogen-bond donors (Lipinski definition) is 2. The molecule has 0 radical (unpaired) electrons. The van der Waals surface area contributed by atoms with E-state index in [1.807, 2.05) is 13.8 Å². The fourth-order valence-electron chi connectivity index (χ4n) is 1.75. The Kier molecular flexibility index (Phi) is 14.6. The smallest absolute Gasteiger partial charge is 0.0766 e. The van der Waals surface area contributed by atoms with Crippen LogP contribution in [0.25, 0.3) is 0 Å². The molecule has 0 saturated heterocycles. The molecule has 0 aromatic rings. The largest absolute Gasteiger partial charge is 0.389 e. The molecular weight excluding hydrogens is 270 g/mol. The molecule has 0 aliphatic heterocycles. The van der Waals surface area contributed by atoms with E-state index in [2.05, 4.69) is 12.2 Å². The molecule has 5 heteroatoms. The zero-order chi connectivity index (χ0) is 15.8. The van der Waals surface area contributed by atoms with E-state index in [9.17, 15) is 5.11 Å². The summed E-state index contributed by atoms with van der Waals surface area (Å²) in [6.07, 6.45) is 3.81. The SMILES string of the molecule is CCCCOCCOCCOCCNCC(O)(CC)CC.